The number of unbranched alkanes of at least 4 members (excludes halogenated alkanes) is 1. The smallest absolute Gasteiger partial charge is 0.212 e. The molecule has 1 aromatic rings. The predicted octanol–water partition coefficient (Wildman–Crippen LogP) is 1.99. The Hall–Kier alpha value is -1.38. The molecule has 0 bridgehead atoms. The molecule has 70 valence electrons. The molecule has 0 saturated heterocycles. The fourth-order valence-electron chi connectivity index (χ4n) is 1.10. The standard InChI is InChI=1S/C10H14N2O/c1-2-3-4-9-5-6-10(11-7-9)12-8-13/h5-8H,2-4H2,1H3,(H,11,12,13). The first-order valence-electron chi connectivity index (χ1n) is 4.52. The van der Waals surface area contributed by atoms with Crippen molar-refractivity contribution >= 4 is 12.2 Å². The molecule has 13 heavy (non-hydrogen) atoms. The summed E-state index contributed by atoms with van der Waals surface area (Å²) in [6, 6.07) is 3.81. The Morgan fingerprint density at radius 2 is 2.38 bits per heavy atom. The van der Waals surface area contributed by atoms with Crippen LogP contribution in [0.3, 0.4) is 0 Å². The van der Waals surface area contributed by atoms with E-state index in [4.69, 9.17) is 0 Å². The van der Waals surface area contributed by atoms with E-state index < -0.39 is 0 Å². The summed E-state index contributed by atoms with van der Waals surface area (Å²) in [5, 5.41) is 2.50. The average Bonchev–Trinajstić information content (AvgIpc) is 2.17. The van der Waals surface area contributed by atoms with E-state index in [1.165, 1.54) is 18.4 Å². The summed E-state index contributed by atoms with van der Waals surface area (Å²) in [5.74, 6) is 0.607. The van der Waals surface area contributed by atoms with Gasteiger partial charge in [0, 0.05) is 6.20 Å². The molecule has 0 aliphatic heterocycles. The molecule has 0 aliphatic rings. The SMILES string of the molecule is CCCCc1ccc(NC=O)nc1. The zero-order chi connectivity index (χ0) is 9.52. The summed E-state index contributed by atoms with van der Waals surface area (Å²) in [4.78, 5) is 14.2. The van der Waals surface area contributed by atoms with E-state index in [0.29, 0.717) is 12.2 Å². The molecular formula is C10H14N2O. The van der Waals surface area contributed by atoms with Crippen molar-refractivity contribution in [3.63, 3.8) is 0 Å². The van der Waals surface area contributed by atoms with Crippen LogP contribution < -0.4 is 5.32 Å². The summed E-state index contributed by atoms with van der Waals surface area (Å²) < 4.78 is 0. The quantitative estimate of drug-likeness (QED) is 0.700. The molecule has 1 N–H and O–H groups in total. The van der Waals surface area contributed by atoms with Crippen molar-refractivity contribution in [2.45, 2.75) is 26.2 Å². The van der Waals surface area contributed by atoms with E-state index >= 15 is 0 Å². The third-order valence-electron chi connectivity index (χ3n) is 1.85. The molecule has 0 atom stereocenters. The molecule has 0 radical (unpaired) electrons. The van der Waals surface area contributed by atoms with Gasteiger partial charge in [0.05, 0.1) is 0 Å². The Labute approximate surface area is 78.2 Å². The van der Waals surface area contributed by atoms with Gasteiger partial charge in [-0.15, -0.1) is 0 Å². The molecule has 0 unspecified atom stereocenters. The summed E-state index contributed by atoms with van der Waals surface area (Å²) in [6.07, 6.45) is 5.87. The lowest BCUT2D eigenvalue weighted by molar-refractivity contribution is -0.105. The van der Waals surface area contributed by atoms with Gasteiger partial charge in [0.1, 0.15) is 5.82 Å². The lowest BCUT2D eigenvalue weighted by Crippen LogP contribution is -1.97. The molecule has 0 aromatic carbocycles. The minimum Gasteiger partial charge on any atom is -0.313 e. The normalized spacial score (nSPS) is 9.62. The Morgan fingerprint density at radius 3 is 2.92 bits per heavy atom. The maximum atomic E-state index is 10.1. The zero-order valence-corrected chi connectivity index (χ0v) is 7.79. The predicted molar refractivity (Wildman–Crippen MR) is 52.5 cm³/mol. The number of nitrogens with one attached hydrogen (secondary N) is 1. The number of nitrogens with zero attached hydrogens (tertiary/aromatic N) is 1. The number of aryl methyl sites for hydroxylation is 1. The number of amides is 1. The van der Waals surface area contributed by atoms with Gasteiger partial charge in [-0.2, -0.15) is 0 Å². The second-order valence-electron chi connectivity index (χ2n) is 2.92. The number of hydrogen-bond acceptors (Lipinski definition) is 2. The van der Waals surface area contributed by atoms with Gasteiger partial charge < -0.3 is 5.32 Å². The molecule has 1 rings (SSSR count). The van der Waals surface area contributed by atoms with Crippen LogP contribution in [0.5, 0.6) is 0 Å². The lowest BCUT2D eigenvalue weighted by Gasteiger charge is -2.00. The van der Waals surface area contributed by atoms with Crippen LogP contribution in [-0.4, -0.2) is 11.4 Å². The zero-order valence-electron chi connectivity index (χ0n) is 7.79. The van der Waals surface area contributed by atoms with E-state index in [2.05, 4.69) is 17.2 Å². The maximum Gasteiger partial charge on any atom is 0.212 e. The van der Waals surface area contributed by atoms with Crippen molar-refractivity contribution in [1.82, 2.24) is 4.98 Å². The Kier molecular flexibility index (Phi) is 3.96. The number of carbonyl (C=O) groups is 1. The van der Waals surface area contributed by atoms with Crippen LogP contribution in [-0.2, 0) is 11.2 Å². The van der Waals surface area contributed by atoms with Crippen molar-refractivity contribution in [2.24, 2.45) is 0 Å². The first kappa shape index (κ1) is 9.71. The van der Waals surface area contributed by atoms with E-state index in [1.54, 1.807) is 0 Å². The molecule has 1 heterocycles. The van der Waals surface area contributed by atoms with Gasteiger partial charge in [-0.25, -0.2) is 4.98 Å². The molecule has 0 aliphatic carbocycles. The number of carbonyl (C=O) groups excluding carboxylic acids is 1. The van der Waals surface area contributed by atoms with Gasteiger partial charge in [0.25, 0.3) is 0 Å². The number of pyridine rings is 1. The van der Waals surface area contributed by atoms with Crippen molar-refractivity contribution in [3.8, 4) is 0 Å². The molecule has 0 spiro atoms. The molecular weight excluding hydrogens is 164 g/mol. The second kappa shape index (κ2) is 5.30. The van der Waals surface area contributed by atoms with Crippen molar-refractivity contribution in [2.75, 3.05) is 5.32 Å². The van der Waals surface area contributed by atoms with Crippen LogP contribution in [0.15, 0.2) is 18.3 Å². The average molecular weight is 178 g/mol. The minimum atomic E-state index is 0.607. The third kappa shape index (κ3) is 3.23. The fourth-order valence-corrected chi connectivity index (χ4v) is 1.10. The van der Waals surface area contributed by atoms with Crippen LogP contribution in [0, 0.1) is 0 Å². The highest BCUT2D eigenvalue weighted by atomic mass is 16.1. The van der Waals surface area contributed by atoms with Crippen molar-refractivity contribution in [1.29, 1.82) is 0 Å². The number of rotatable bonds is 5. The number of hydrogen-bond donors (Lipinski definition) is 1. The molecule has 1 aromatic heterocycles. The summed E-state index contributed by atoms with van der Waals surface area (Å²) in [7, 11) is 0. The van der Waals surface area contributed by atoms with Crippen LogP contribution in [0.2, 0.25) is 0 Å². The second-order valence-corrected chi connectivity index (χ2v) is 2.92. The van der Waals surface area contributed by atoms with Gasteiger partial charge in [-0.1, -0.05) is 19.4 Å². The van der Waals surface area contributed by atoms with E-state index in [0.717, 1.165) is 6.42 Å². The first-order chi connectivity index (χ1) is 6.36. The van der Waals surface area contributed by atoms with Gasteiger partial charge in [-0.05, 0) is 24.5 Å². The monoisotopic (exact) mass is 178 g/mol. The van der Waals surface area contributed by atoms with Crippen molar-refractivity contribution < 1.29 is 4.79 Å². The van der Waals surface area contributed by atoms with E-state index in [9.17, 15) is 4.79 Å². The van der Waals surface area contributed by atoms with Gasteiger partial charge in [-0.3, -0.25) is 4.79 Å². The van der Waals surface area contributed by atoms with Crippen LogP contribution in [0.4, 0.5) is 5.82 Å². The third-order valence-corrected chi connectivity index (χ3v) is 1.85. The van der Waals surface area contributed by atoms with E-state index in [1.807, 2.05) is 18.3 Å². The minimum absolute atomic E-state index is 0.607. The number of aromatic nitrogens is 1. The Morgan fingerprint density at radius 1 is 1.54 bits per heavy atom. The molecule has 0 fully saturated rings. The summed E-state index contributed by atoms with van der Waals surface area (Å²) >= 11 is 0. The highest BCUT2D eigenvalue weighted by Crippen LogP contribution is 2.07. The molecule has 3 nitrogen and oxygen atoms in total. The first-order valence-corrected chi connectivity index (χ1v) is 4.52. The fraction of sp³-hybridized carbons (Fsp3) is 0.400. The molecule has 0 saturated carbocycles. The Bertz CT molecular complexity index is 256. The van der Waals surface area contributed by atoms with Gasteiger partial charge in [0.15, 0.2) is 0 Å². The Balaban J connectivity index is 2.53. The molecule has 1 amide bonds. The maximum absolute atomic E-state index is 10.1. The van der Waals surface area contributed by atoms with Gasteiger partial charge in [0.2, 0.25) is 6.41 Å². The van der Waals surface area contributed by atoms with Crippen molar-refractivity contribution in [3.05, 3.63) is 23.9 Å². The summed E-state index contributed by atoms with van der Waals surface area (Å²) in [6.45, 7) is 2.16. The number of anilines is 1. The van der Waals surface area contributed by atoms with Crippen LogP contribution in [0.1, 0.15) is 25.3 Å². The van der Waals surface area contributed by atoms with Crippen LogP contribution >= 0.6 is 0 Å². The van der Waals surface area contributed by atoms with Crippen LogP contribution in [0.25, 0.3) is 0 Å². The highest BCUT2D eigenvalue weighted by molar-refractivity contribution is 5.68. The van der Waals surface area contributed by atoms with E-state index in [-0.39, 0.29) is 0 Å². The topological polar surface area (TPSA) is 42.0 Å². The molecule has 3 heteroatoms. The largest absolute Gasteiger partial charge is 0.313 e. The highest BCUT2D eigenvalue weighted by Gasteiger charge is 1.94. The van der Waals surface area contributed by atoms with Gasteiger partial charge >= 0.3 is 0 Å². The summed E-state index contributed by atoms with van der Waals surface area (Å²) in [5.41, 5.74) is 1.22. The lowest BCUT2D eigenvalue weighted by atomic mass is 10.1.